The molecule has 1 atom stereocenters. The molecule has 2 aromatic rings. The van der Waals surface area contributed by atoms with Crippen molar-refractivity contribution in [3.8, 4) is 0 Å². The predicted molar refractivity (Wildman–Crippen MR) is 114 cm³/mol. The number of rotatable bonds is 6. The van der Waals surface area contributed by atoms with Gasteiger partial charge in [0, 0.05) is 30.5 Å². The zero-order valence-electron chi connectivity index (χ0n) is 17.4. The summed E-state index contributed by atoms with van der Waals surface area (Å²) in [6, 6.07) is 13.4. The molecule has 4 rings (SSSR count). The molecular formula is C24H33N3O. The Morgan fingerprint density at radius 2 is 1.79 bits per heavy atom. The molecule has 0 spiro atoms. The largest absolute Gasteiger partial charge is 0.341 e. The average Bonchev–Trinajstić information content (AvgIpc) is 3.50. The lowest BCUT2D eigenvalue weighted by atomic mass is 10.0. The number of carbonyl (C=O) groups excluding carboxylic acids is 1. The summed E-state index contributed by atoms with van der Waals surface area (Å²) in [5.41, 5.74) is 4.36. The van der Waals surface area contributed by atoms with E-state index in [1.165, 1.54) is 18.4 Å². The first-order valence-electron chi connectivity index (χ1n) is 10.8. The Labute approximate surface area is 168 Å². The third kappa shape index (κ3) is 4.02. The third-order valence-corrected chi connectivity index (χ3v) is 6.56. The number of nitrogens with one attached hydrogen (secondary N) is 1. The fourth-order valence-corrected chi connectivity index (χ4v) is 4.58. The molecule has 0 bridgehead atoms. The van der Waals surface area contributed by atoms with Crippen LogP contribution in [-0.2, 0) is 0 Å². The zero-order valence-corrected chi connectivity index (χ0v) is 17.4. The van der Waals surface area contributed by atoms with Crippen molar-refractivity contribution >= 4 is 5.91 Å². The number of nitrogens with zero attached hydrogens (tertiary/aromatic N) is 2. The number of likely N-dealkylation sites (tertiary alicyclic amines) is 1. The summed E-state index contributed by atoms with van der Waals surface area (Å²) >= 11 is 0. The summed E-state index contributed by atoms with van der Waals surface area (Å²) in [6.07, 6.45) is 4.91. The van der Waals surface area contributed by atoms with Gasteiger partial charge in [0.05, 0.1) is 11.6 Å². The molecule has 1 aromatic heterocycles. The van der Waals surface area contributed by atoms with Crippen LogP contribution in [0, 0.1) is 19.8 Å². The van der Waals surface area contributed by atoms with Crippen LogP contribution in [0.5, 0.6) is 0 Å². The van der Waals surface area contributed by atoms with Crippen LogP contribution in [-0.4, -0.2) is 41.1 Å². The molecule has 4 heteroatoms. The van der Waals surface area contributed by atoms with Crippen LogP contribution in [0.1, 0.15) is 66.0 Å². The van der Waals surface area contributed by atoms with E-state index in [1.807, 2.05) is 6.07 Å². The zero-order chi connectivity index (χ0) is 19.7. The van der Waals surface area contributed by atoms with Crippen molar-refractivity contribution in [2.24, 2.45) is 5.92 Å². The summed E-state index contributed by atoms with van der Waals surface area (Å²) < 4.78 is 2.30. The second-order valence-electron chi connectivity index (χ2n) is 8.66. The normalized spacial score (nSPS) is 19.0. The standard InChI is InChI=1S/C24H33N3O/c1-17-15-23(19(3)27(17)18(2)21-7-5-4-6-8-21)24(28)26-13-11-22(12-14-26)25-16-20-9-10-20/h4-8,15,18,20,22,25H,9-14,16H2,1-3H3. The molecule has 1 unspecified atom stereocenters. The number of benzene rings is 1. The number of hydrogen-bond acceptors (Lipinski definition) is 2. The number of amides is 1. The molecule has 1 aliphatic carbocycles. The highest BCUT2D eigenvalue weighted by Crippen LogP contribution is 2.29. The number of aryl methyl sites for hydroxylation is 1. The highest BCUT2D eigenvalue weighted by Gasteiger charge is 2.28. The van der Waals surface area contributed by atoms with Crippen molar-refractivity contribution in [3.05, 3.63) is 58.9 Å². The van der Waals surface area contributed by atoms with Crippen LogP contribution < -0.4 is 5.32 Å². The topological polar surface area (TPSA) is 37.3 Å². The van der Waals surface area contributed by atoms with E-state index in [1.54, 1.807) is 0 Å². The maximum atomic E-state index is 13.2. The quantitative estimate of drug-likeness (QED) is 0.812. The summed E-state index contributed by atoms with van der Waals surface area (Å²) in [7, 11) is 0. The van der Waals surface area contributed by atoms with Crippen molar-refractivity contribution in [3.63, 3.8) is 0 Å². The molecule has 28 heavy (non-hydrogen) atoms. The molecule has 2 heterocycles. The second-order valence-corrected chi connectivity index (χ2v) is 8.66. The molecule has 1 aliphatic heterocycles. The Balaban J connectivity index is 1.43. The van der Waals surface area contributed by atoms with Gasteiger partial charge < -0.3 is 14.8 Å². The molecule has 0 radical (unpaired) electrons. The van der Waals surface area contributed by atoms with Gasteiger partial charge in [0.1, 0.15) is 0 Å². The minimum atomic E-state index is 0.195. The number of piperidine rings is 1. The Hall–Kier alpha value is -2.07. The lowest BCUT2D eigenvalue weighted by molar-refractivity contribution is 0.0704. The first-order chi connectivity index (χ1) is 13.5. The predicted octanol–water partition coefficient (Wildman–Crippen LogP) is 4.32. The molecule has 150 valence electrons. The highest BCUT2D eigenvalue weighted by atomic mass is 16.2. The molecule has 1 aromatic carbocycles. The van der Waals surface area contributed by atoms with E-state index in [9.17, 15) is 4.79 Å². The van der Waals surface area contributed by atoms with Gasteiger partial charge in [0.15, 0.2) is 0 Å². The minimum absolute atomic E-state index is 0.195. The lowest BCUT2D eigenvalue weighted by Crippen LogP contribution is -2.45. The molecule has 1 saturated heterocycles. The fourth-order valence-electron chi connectivity index (χ4n) is 4.58. The van der Waals surface area contributed by atoms with E-state index >= 15 is 0 Å². The maximum absolute atomic E-state index is 13.2. The number of carbonyl (C=O) groups is 1. The van der Waals surface area contributed by atoms with Crippen molar-refractivity contribution in [1.82, 2.24) is 14.8 Å². The van der Waals surface area contributed by atoms with Gasteiger partial charge in [0.2, 0.25) is 0 Å². The number of aromatic nitrogens is 1. The average molecular weight is 380 g/mol. The van der Waals surface area contributed by atoms with Gasteiger partial charge in [-0.2, -0.15) is 0 Å². The van der Waals surface area contributed by atoms with E-state index in [0.29, 0.717) is 6.04 Å². The summed E-state index contributed by atoms with van der Waals surface area (Å²) in [4.78, 5) is 15.3. The smallest absolute Gasteiger partial charge is 0.255 e. The summed E-state index contributed by atoms with van der Waals surface area (Å²) in [5.74, 6) is 1.11. The SMILES string of the molecule is Cc1cc(C(=O)N2CCC(NCC3CC3)CC2)c(C)n1C(C)c1ccccc1. The van der Waals surface area contributed by atoms with Crippen LogP contribution in [0.3, 0.4) is 0 Å². The van der Waals surface area contributed by atoms with Crippen molar-refractivity contribution < 1.29 is 4.79 Å². The van der Waals surface area contributed by atoms with Gasteiger partial charge in [-0.15, -0.1) is 0 Å². The molecule has 1 saturated carbocycles. The van der Waals surface area contributed by atoms with Gasteiger partial charge >= 0.3 is 0 Å². The minimum Gasteiger partial charge on any atom is -0.341 e. The van der Waals surface area contributed by atoms with Crippen molar-refractivity contribution in [2.75, 3.05) is 19.6 Å². The van der Waals surface area contributed by atoms with Crippen molar-refractivity contribution in [2.45, 2.75) is 58.5 Å². The second kappa shape index (κ2) is 8.12. The molecule has 2 fully saturated rings. The van der Waals surface area contributed by atoms with Crippen LogP contribution in [0.25, 0.3) is 0 Å². The molecular weight excluding hydrogens is 346 g/mol. The van der Waals surface area contributed by atoms with Gasteiger partial charge in [0.25, 0.3) is 5.91 Å². The Morgan fingerprint density at radius 3 is 2.43 bits per heavy atom. The van der Waals surface area contributed by atoms with E-state index in [4.69, 9.17) is 0 Å². The maximum Gasteiger partial charge on any atom is 0.255 e. The number of hydrogen-bond donors (Lipinski definition) is 1. The lowest BCUT2D eigenvalue weighted by Gasteiger charge is -2.32. The van der Waals surface area contributed by atoms with Gasteiger partial charge in [-0.3, -0.25) is 4.79 Å². The van der Waals surface area contributed by atoms with Crippen LogP contribution in [0.2, 0.25) is 0 Å². The highest BCUT2D eigenvalue weighted by molar-refractivity contribution is 5.95. The van der Waals surface area contributed by atoms with Crippen molar-refractivity contribution in [1.29, 1.82) is 0 Å². The Morgan fingerprint density at radius 1 is 1.11 bits per heavy atom. The van der Waals surface area contributed by atoms with E-state index < -0.39 is 0 Å². The third-order valence-electron chi connectivity index (χ3n) is 6.56. The molecule has 1 amide bonds. The van der Waals surface area contributed by atoms with Gasteiger partial charge in [-0.25, -0.2) is 0 Å². The van der Waals surface area contributed by atoms with E-state index in [0.717, 1.165) is 55.3 Å². The van der Waals surface area contributed by atoms with Crippen LogP contribution in [0.4, 0.5) is 0 Å². The van der Waals surface area contributed by atoms with Gasteiger partial charge in [-0.1, -0.05) is 30.3 Å². The monoisotopic (exact) mass is 379 g/mol. The van der Waals surface area contributed by atoms with Crippen LogP contribution >= 0.6 is 0 Å². The first-order valence-corrected chi connectivity index (χ1v) is 10.8. The first kappa shape index (κ1) is 19.3. The molecule has 1 N–H and O–H groups in total. The summed E-state index contributed by atoms with van der Waals surface area (Å²) in [5, 5.41) is 3.70. The van der Waals surface area contributed by atoms with Crippen LogP contribution in [0.15, 0.2) is 36.4 Å². The van der Waals surface area contributed by atoms with Gasteiger partial charge in [-0.05, 0) is 70.5 Å². The molecule has 2 aliphatic rings. The summed E-state index contributed by atoms with van der Waals surface area (Å²) in [6.45, 7) is 9.29. The Bertz CT molecular complexity index is 814. The van der Waals surface area contributed by atoms with E-state index in [-0.39, 0.29) is 11.9 Å². The molecule has 4 nitrogen and oxygen atoms in total. The Kier molecular flexibility index (Phi) is 5.58. The van der Waals surface area contributed by atoms with E-state index in [2.05, 4.69) is 65.9 Å². The fraction of sp³-hybridized carbons (Fsp3) is 0.542.